The molecule has 0 aromatic heterocycles. The first kappa shape index (κ1) is 17.2. The molecular formula is C15H14ClFN2O3S. The van der Waals surface area contributed by atoms with E-state index < -0.39 is 20.7 Å². The topological polar surface area (TPSA) is 66.5 Å². The van der Waals surface area contributed by atoms with Gasteiger partial charge < -0.3 is 4.90 Å². The maximum atomic E-state index is 13.7. The van der Waals surface area contributed by atoms with Crippen molar-refractivity contribution in [2.75, 3.05) is 18.8 Å². The lowest BCUT2D eigenvalue weighted by Crippen LogP contribution is -2.22. The number of nitrogens with one attached hydrogen (secondary N) is 1. The van der Waals surface area contributed by atoms with Crippen molar-refractivity contribution in [2.24, 2.45) is 0 Å². The van der Waals surface area contributed by atoms with E-state index in [4.69, 9.17) is 11.6 Å². The van der Waals surface area contributed by atoms with E-state index >= 15 is 0 Å². The summed E-state index contributed by atoms with van der Waals surface area (Å²) in [4.78, 5) is 12.8. The Balaban J connectivity index is 2.42. The summed E-state index contributed by atoms with van der Waals surface area (Å²) < 4.78 is 40.5. The van der Waals surface area contributed by atoms with Crippen molar-refractivity contribution >= 4 is 33.2 Å². The Kier molecular flexibility index (Phi) is 4.91. The Morgan fingerprint density at radius 1 is 1.17 bits per heavy atom. The van der Waals surface area contributed by atoms with Gasteiger partial charge in [-0.3, -0.25) is 9.52 Å². The molecule has 2 aromatic rings. The molecule has 1 amide bonds. The minimum Gasteiger partial charge on any atom is -0.345 e. The highest BCUT2D eigenvalue weighted by molar-refractivity contribution is 7.92. The van der Waals surface area contributed by atoms with E-state index in [0.29, 0.717) is 0 Å². The van der Waals surface area contributed by atoms with Gasteiger partial charge in [-0.25, -0.2) is 12.8 Å². The smallest absolute Gasteiger partial charge is 0.264 e. The molecule has 1 N–H and O–H groups in total. The number of halogens is 2. The highest BCUT2D eigenvalue weighted by Crippen LogP contribution is 2.27. The van der Waals surface area contributed by atoms with Crippen molar-refractivity contribution in [1.82, 2.24) is 4.90 Å². The van der Waals surface area contributed by atoms with E-state index in [-0.39, 0.29) is 22.2 Å². The summed E-state index contributed by atoms with van der Waals surface area (Å²) in [6.45, 7) is 0. The van der Waals surface area contributed by atoms with Gasteiger partial charge in [0.25, 0.3) is 15.9 Å². The maximum Gasteiger partial charge on any atom is 0.264 e. The van der Waals surface area contributed by atoms with Gasteiger partial charge in [0.15, 0.2) is 0 Å². The molecule has 122 valence electrons. The van der Waals surface area contributed by atoms with Crippen molar-refractivity contribution in [1.29, 1.82) is 0 Å². The van der Waals surface area contributed by atoms with Crippen LogP contribution in [0.3, 0.4) is 0 Å². The number of hydrogen-bond acceptors (Lipinski definition) is 3. The second-order valence-electron chi connectivity index (χ2n) is 4.93. The minimum absolute atomic E-state index is 0.00243. The monoisotopic (exact) mass is 356 g/mol. The van der Waals surface area contributed by atoms with Crippen molar-refractivity contribution in [3.05, 3.63) is 58.9 Å². The number of anilines is 1. The normalized spacial score (nSPS) is 11.1. The largest absolute Gasteiger partial charge is 0.345 e. The molecule has 0 saturated heterocycles. The molecule has 0 aliphatic rings. The molecule has 0 heterocycles. The molecule has 0 spiro atoms. The number of benzene rings is 2. The molecule has 0 fully saturated rings. The lowest BCUT2D eigenvalue weighted by molar-refractivity contribution is 0.0827. The number of amides is 1. The lowest BCUT2D eigenvalue weighted by Gasteiger charge is -2.14. The molecule has 0 aliphatic heterocycles. The molecule has 2 rings (SSSR count). The number of rotatable bonds is 4. The summed E-state index contributed by atoms with van der Waals surface area (Å²) in [7, 11) is -1.02. The Labute approximate surface area is 138 Å². The van der Waals surface area contributed by atoms with Gasteiger partial charge in [-0.15, -0.1) is 0 Å². The summed E-state index contributed by atoms with van der Waals surface area (Å²) in [6.07, 6.45) is 0. The summed E-state index contributed by atoms with van der Waals surface area (Å²) in [5.41, 5.74) is 0.258. The Bertz CT molecular complexity index is 854. The summed E-state index contributed by atoms with van der Waals surface area (Å²) in [5, 5.41) is 0.0974. The van der Waals surface area contributed by atoms with Gasteiger partial charge in [-0.2, -0.15) is 0 Å². The van der Waals surface area contributed by atoms with Crippen molar-refractivity contribution < 1.29 is 17.6 Å². The van der Waals surface area contributed by atoms with Crippen LogP contribution in [-0.2, 0) is 10.0 Å². The van der Waals surface area contributed by atoms with Gasteiger partial charge in [0.1, 0.15) is 10.7 Å². The lowest BCUT2D eigenvalue weighted by atomic mass is 10.2. The van der Waals surface area contributed by atoms with Crippen LogP contribution in [0, 0.1) is 5.82 Å². The molecule has 0 radical (unpaired) electrons. The average molecular weight is 357 g/mol. The standard InChI is InChI=1S/C15H14ClFN2O3S/c1-19(2)15(20)10-7-8-11(16)13(9-10)18-23(21,22)14-6-4-3-5-12(14)17/h3-9,18H,1-2H3. The Morgan fingerprint density at radius 3 is 2.43 bits per heavy atom. The Morgan fingerprint density at radius 2 is 1.83 bits per heavy atom. The molecule has 2 aromatic carbocycles. The van der Waals surface area contributed by atoms with E-state index in [1.54, 1.807) is 14.1 Å². The van der Waals surface area contributed by atoms with Crippen LogP contribution in [-0.4, -0.2) is 33.3 Å². The molecule has 0 atom stereocenters. The zero-order valence-corrected chi connectivity index (χ0v) is 14.0. The van der Waals surface area contributed by atoms with Crippen LogP contribution < -0.4 is 4.72 Å². The van der Waals surface area contributed by atoms with Crippen LogP contribution in [0.5, 0.6) is 0 Å². The number of hydrogen-bond donors (Lipinski definition) is 1. The second kappa shape index (κ2) is 6.55. The number of carbonyl (C=O) groups excluding carboxylic acids is 1. The van der Waals surface area contributed by atoms with Crippen LogP contribution in [0.1, 0.15) is 10.4 Å². The van der Waals surface area contributed by atoms with E-state index in [9.17, 15) is 17.6 Å². The van der Waals surface area contributed by atoms with Gasteiger partial charge in [0, 0.05) is 19.7 Å². The molecular weight excluding hydrogens is 343 g/mol. The van der Waals surface area contributed by atoms with Gasteiger partial charge in [-0.1, -0.05) is 23.7 Å². The third kappa shape index (κ3) is 3.80. The summed E-state index contributed by atoms with van der Waals surface area (Å²) in [6, 6.07) is 9.16. The molecule has 0 aliphatic carbocycles. The van der Waals surface area contributed by atoms with Crippen molar-refractivity contribution in [3.8, 4) is 0 Å². The predicted octanol–water partition coefficient (Wildman–Crippen LogP) is 2.98. The van der Waals surface area contributed by atoms with Crippen LogP contribution in [0.4, 0.5) is 10.1 Å². The SMILES string of the molecule is CN(C)C(=O)c1ccc(Cl)c(NS(=O)(=O)c2ccccc2F)c1. The van der Waals surface area contributed by atoms with Crippen LogP contribution in [0.15, 0.2) is 47.4 Å². The van der Waals surface area contributed by atoms with Crippen LogP contribution >= 0.6 is 11.6 Å². The fourth-order valence-corrected chi connectivity index (χ4v) is 3.23. The second-order valence-corrected chi connectivity index (χ2v) is 6.99. The molecule has 5 nitrogen and oxygen atoms in total. The van der Waals surface area contributed by atoms with E-state index in [1.165, 1.54) is 35.2 Å². The van der Waals surface area contributed by atoms with E-state index in [0.717, 1.165) is 12.1 Å². The Hall–Kier alpha value is -2.12. The first-order valence-corrected chi connectivity index (χ1v) is 8.37. The fourth-order valence-electron chi connectivity index (χ4n) is 1.86. The van der Waals surface area contributed by atoms with E-state index in [1.807, 2.05) is 0 Å². The number of sulfonamides is 1. The third-order valence-corrected chi connectivity index (χ3v) is 4.72. The van der Waals surface area contributed by atoms with Gasteiger partial charge >= 0.3 is 0 Å². The van der Waals surface area contributed by atoms with E-state index in [2.05, 4.69) is 4.72 Å². The maximum absolute atomic E-state index is 13.7. The highest BCUT2D eigenvalue weighted by Gasteiger charge is 2.20. The summed E-state index contributed by atoms with van der Waals surface area (Å²) in [5.74, 6) is -1.19. The quantitative estimate of drug-likeness (QED) is 0.915. The molecule has 8 heteroatoms. The molecule has 23 heavy (non-hydrogen) atoms. The number of nitrogens with zero attached hydrogens (tertiary/aromatic N) is 1. The zero-order chi connectivity index (χ0) is 17.2. The highest BCUT2D eigenvalue weighted by atomic mass is 35.5. The van der Waals surface area contributed by atoms with Gasteiger partial charge in [0.2, 0.25) is 0 Å². The van der Waals surface area contributed by atoms with Crippen LogP contribution in [0.25, 0.3) is 0 Å². The predicted molar refractivity (Wildman–Crippen MR) is 86.7 cm³/mol. The van der Waals surface area contributed by atoms with Crippen molar-refractivity contribution in [3.63, 3.8) is 0 Å². The molecule has 0 saturated carbocycles. The average Bonchev–Trinajstić information content (AvgIpc) is 2.48. The number of carbonyl (C=O) groups is 1. The zero-order valence-electron chi connectivity index (χ0n) is 12.4. The third-order valence-electron chi connectivity index (χ3n) is 2.99. The first-order chi connectivity index (χ1) is 10.7. The van der Waals surface area contributed by atoms with Crippen molar-refractivity contribution in [2.45, 2.75) is 4.90 Å². The minimum atomic E-state index is -4.16. The fraction of sp³-hybridized carbons (Fsp3) is 0.133. The molecule has 0 bridgehead atoms. The summed E-state index contributed by atoms with van der Waals surface area (Å²) >= 11 is 5.97. The van der Waals surface area contributed by atoms with Gasteiger partial charge in [0.05, 0.1) is 10.7 Å². The first-order valence-electron chi connectivity index (χ1n) is 6.51. The van der Waals surface area contributed by atoms with Gasteiger partial charge in [-0.05, 0) is 30.3 Å². The molecule has 0 unspecified atom stereocenters. The van der Waals surface area contributed by atoms with Crippen LogP contribution in [0.2, 0.25) is 5.02 Å².